The highest BCUT2D eigenvalue weighted by molar-refractivity contribution is 5.79. The second-order valence-electron chi connectivity index (χ2n) is 9.41. The third-order valence-electron chi connectivity index (χ3n) is 6.97. The zero-order valence-electron chi connectivity index (χ0n) is 21.3. The first kappa shape index (κ1) is 23.6. The van der Waals surface area contributed by atoms with Gasteiger partial charge in [0, 0.05) is 34.1 Å². The molecule has 1 aliphatic carbocycles. The molecule has 2 nitrogen and oxygen atoms in total. The molecule has 0 bridgehead atoms. The Labute approximate surface area is 225 Å². The molecule has 5 aromatic carbocycles. The van der Waals surface area contributed by atoms with Crippen molar-refractivity contribution >= 4 is 34.0 Å². The van der Waals surface area contributed by atoms with Crippen molar-refractivity contribution in [1.29, 1.82) is 0 Å². The molecule has 2 heteroatoms. The van der Waals surface area contributed by atoms with Crippen LogP contribution >= 0.6 is 0 Å². The number of rotatable bonds is 7. The number of benzene rings is 5. The van der Waals surface area contributed by atoms with Gasteiger partial charge in [0.1, 0.15) is 0 Å². The van der Waals surface area contributed by atoms with Crippen LogP contribution in [0.5, 0.6) is 0 Å². The predicted octanol–water partition coefficient (Wildman–Crippen LogP) is 10.1. The summed E-state index contributed by atoms with van der Waals surface area (Å²) in [5.74, 6) is 0. The van der Waals surface area contributed by atoms with Gasteiger partial charge >= 0.3 is 0 Å². The van der Waals surface area contributed by atoms with Crippen LogP contribution in [0.25, 0.3) is 5.57 Å². The predicted molar refractivity (Wildman–Crippen MR) is 161 cm³/mol. The van der Waals surface area contributed by atoms with E-state index in [9.17, 15) is 0 Å². The lowest BCUT2D eigenvalue weighted by Crippen LogP contribution is -2.17. The molecular weight excluding hydrogens is 460 g/mol. The minimum Gasteiger partial charge on any atom is -0.314 e. The maximum atomic E-state index is 2.37. The summed E-state index contributed by atoms with van der Waals surface area (Å²) in [7, 11) is 0. The van der Waals surface area contributed by atoms with Crippen LogP contribution in [-0.4, -0.2) is 0 Å². The van der Waals surface area contributed by atoms with Crippen LogP contribution in [-0.2, 0) is 0 Å². The first-order chi connectivity index (χ1) is 18.9. The fraction of sp³-hybridized carbons (Fsp3) is 0.0556. The second kappa shape index (κ2) is 11.1. The highest BCUT2D eigenvalue weighted by Crippen LogP contribution is 2.38. The molecule has 0 N–H and O–H groups in total. The van der Waals surface area contributed by atoms with E-state index >= 15 is 0 Å². The van der Waals surface area contributed by atoms with Crippen LogP contribution in [0.4, 0.5) is 28.4 Å². The minimum absolute atomic E-state index is 0.984. The molecular formula is C36H30N2. The normalized spacial score (nSPS) is 12.8. The molecule has 184 valence electrons. The number of hydrogen-bond acceptors (Lipinski definition) is 2. The van der Waals surface area contributed by atoms with Crippen LogP contribution in [0.15, 0.2) is 163 Å². The molecule has 0 unspecified atom stereocenters. The van der Waals surface area contributed by atoms with E-state index in [2.05, 4.69) is 168 Å². The molecule has 0 radical (unpaired) electrons. The summed E-state index contributed by atoms with van der Waals surface area (Å²) in [6.07, 6.45) is 6.56. The summed E-state index contributed by atoms with van der Waals surface area (Å²) < 4.78 is 0. The molecule has 38 heavy (non-hydrogen) atoms. The largest absolute Gasteiger partial charge is 0.314 e. The number of nitrogens with zero attached hydrogens (tertiary/aromatic N) is 2. The van der Waals surface area contributed by atoms with Gasteiger partial charge in [0.25, 0.3) is 0 Å². The van der Waals surface area contributed by atoms with Crippen LogP contribution < -0.4 is 9.80 Å². The van der Waals surface area contributed by atoms with Crippen LogP contribution in [0.1, 0.15) is 18.4 Å². The highest BCUT2D eigenvalue weighted by atomic mass is 15.2. The summed E-state index contributed by atoms with van der Waals surface area (Å²) in [6.45, 7) is 0. The molecule has 5 aromatic rings. The summed E-state index contributed by atoms with van der Waals surface area (Å²) in [5, 5.41) is 0. The lowest BCUT2D eigenvalue weighted by Gasteiger charge is -2.30. The summed E-state index contributed by atoms with van der Waals surface area (Å²) in [5.41, 5.74) is 9.78. The number of para-hydroxylation sites is 4. The Kier molecular flexibility index (Phi) is 6.86. The van der Waals surface area contributed by atoms with E-state index in [0.29, 0.717) is 0 Å². The third kappa shape index (κ3) is 5.02. The highest BCUT2D eigenvalue weighted by Gasteiger charge is 2.18. The van der Waals surface area contributed by atoms with Gasteiger partial charge in [-0.2, -0.15) is 0 Å². The van der Waals surface area contributed by atoms with E-state index in [1.54, 1.807) is 0 Å². The zero-order chi connectivity index (χ0) is 25.6. The van der Waals surface area contributed by atoms with E-state index in [0.717, 1.165) is 29.9 Å². The third-order valence-corrected chi connectivity index (χ3v) is 6.97. The van der Waals surface area contributed by atoms with Gasteiger partial charge in [-0.25, -0.2) is 0 Å². The van der Waals surface area contributed by atoms with Crippen LogP contribution in [0, 0.1) is 0 Å². The number of allylic oxidation sites excluding steroid dienone is 4. The molecule has 0 saturated carbocycles. The molecule has 1 aliphatic rings. The first-order valence-corrected chi connectivity index (χ1v) is 13.2. The van der Waals surface area contributed by atoms with Crippen LogP contribution in [0.2, 0.25) is 0 Å². The Hall–Kier alpha value is -4.82. The Morgan fingerprint density at radius 1 is 0.342 bits per heavy atom. The Morgan fingerprint density at radius 2 is 0.737 bits per heavy atom. The summed E-state index contributed by atoms with van der Waals surface area (Å²) >= 11 is 0. The van der Waals surface area contributed by atoms with E-state index in [4.69, 9.17) is 0 Å². The summed E-state index contributed by atoms with van der Waals surface area (Å²) in [4.78, 5) is 4.67. The zero-order valence-corrected chi connectivity index (χ0v) is 21.3. The first-order valence-electron chi connectivity index (χ1n) is 13.2. The van der Waals surface area contributed by atoms with Gasteiger partial charge in [-0.05, 0) is 90.7 Å². The van der Waals surface area contributed by atoms with E-state index in [-0.39, 0.29) is 0 Å². The average Bonchev–Trinajstić information content (AvgIpc) is 3.00. The molecule has 0 aromatic heterocycles. The maximum Gasteiger partial charge on any atom is 0.0462 e. The molecule has 0 aliphatic heterocycles. The van der Waals surface area contributed by atoms with Gasteiger partial charge in [0.05, 0.1) is 0 Å². The van der Waals surface area contributed by atoms with Gasteiger partial charge in [-0.3, -0.25) is 0 Å². The lowest BCUT2D eigenvalue weighted by molar-refractivity contribution is 0.930. The molecule has 6 rings (SSSR count). The fourth-order valence-corrected chi connectivity index (χ4v) is 5.11. The number of hydrogen-bond donors (Lipinski definition) is 0. The Bertz CT molecular complexity index is 1440. The SMILES string of the molecule is C1=C(c2ccc(N(c3ccccc3)c3ccccc3)cc2)CCC(N(c2ccccc2)c2ccccc2)=C1. The molecule has 0 atom stereocenters. The molecule has 0 amide bonds. The topological polar surface area (TPSA) is 6.48 Å². The van der Waals surface area contributed by atoms with E-state index < -0.39 is 0 Å². The van der Waals surface area contributed by atoms with Gasteiger partial charge in [-0.15, -0.1) is 0 Å². The average molecular weight is 491 g/mol. The Balaban J connectivity index is 1.30. The maximum absolute atomic E-state index is 2.37. The monoisotopic (exact) mass is 490 g/mol. The van der Waals surface area contributed by atoms with E-state index in [1.807, 2.05) is 0 Å². The van der Waals surface area contributed by atoms with Crippen molar-refractivity contribution in [3.63, 3.8) is 0 Å². The quantitative estimate of drug-likeness (QED) is 0.224. The lowest BCUT2D eigenvalue weighted by atomic mass is 9.94. The van der Waals surface area contributed by atoms with Crippen molar-refractivity contribution in [3.8, 4) is 0 Å². The standard InChI is InChI=1S/C36H30N2/c1-5-13-31(14-6-1)37(32-15-7-2-8-16-32)35-25-21-29(22-26-35)30-23-27-36(28-24-30)38(33-17-9-3-10-18-33)34-19-11-4-12-20-34/h1-23,25-27H,24,28H2. The van der Waals surface area contributed by atoms with E-state index in [1.165, 1.54) is 28.2 Å². The molecule has 0 spiro atoms. The fourth-order valence-electron chi connectivity index (χ4n) is 5.11. The Morgan fingerprint density at radius 3 is 1.13 bits per heavy atom. The van der Waals surface area contributed by atoms with Gasteiger partial charge in [0.15, 0.2) is 0 Å². The smallest absolute Gasteiger partial charge is 0.0462 e. The van der Waals surface area contributed by atoms with Crippen LogP contribution in [0.3, 0.4) is 0 Å². The van der Waals surface area contributed by atoms with Gasteiger partial charge < -0.3 is 9.80 Å². The second-order valence-corrected chi connectivity index (χ2v) is 9.41. The minimum atomic E-state index is 0.984. The molecule has 0 heterocycles. The number of anilines is 5. The van der Waals surface area contributed by atoms with Crippen molar-refractivity contribution in [3.05, 3.63) is 169 Å². The molecule has 0 saturated heterocycles. The summed E-state index contributed by atoms with van der Waals surface area (Å²) in [6, 6.07) is 51.3. The van der Waals surface area contributed by atoms with Gasteiger partial charge in [0.2, 0.25) is 0 Å². The van der Waals surface area contributed by atoms with Crippen molar-refractivity contribution in [2.24, 2.45) is 0 Å². The van der Waals surface area contributed by atoms with Crippen molar-refractivity contribution in [1.82, 2.24) is 0 Å². The van der Waals surface area contributed by atoms with Crippen molar-refractivity contribution in [2.45, 2.75) is 12.8 Å². The molecule has 0 fully saturated rings. The van der Waals surface area contributed by atoms with Crippen molar-refractivity contribution < 1.29 is 0 Å². The van der Waals surface area contributed by atoms with Crippen molar-refractivity contribution in [2.75, 3.05) is 9.80 Å². The van der Waals surface area contributed by atoms with Gasteiger partial charge in [-0.1, -0.05) is 91.0 Å².